The van der Waals surface area contributed by atoms with Crippen molar-refractivity contribution >= 4 is 17.2 Å². The lowest BCUT2D eigenvalue weighted by Gasteiger charge is -2.41. The van der Waals surface area contributed by atoms with Gasteiger partial charge in [-0.1, -0.05) is 42.7 Å². The van der Waals surface area contributed by atoms with Crippen LogP contribution >= 0.6 is 11.3 Å². The van der Waals surface area contributed by atoms with Crippen molar-refractivity contribution in [3.05, 3.63) is 46.2 Å². The molecule has 2 aromatic rings. The molecule has 1 aliphatic carbocycles. The van der Waals surface area contributed by atoms with E-state index in [1.807, 2.05) is 11.4 Å². The van der Waals surface area contributed by atoms with Gasteiger partial charge in [0.25, 0.3) is 5.91 Å². The fourth-order valence-electron chi connectivity index (χ4n) is 4.59. The SMILES string of the molecule is Cc1ccc(-c2ccsc2C(=O)NC2CCN(C3CCCCC3O)CC2)cc1. The minimum absolute atomic E-state index is 0.0433. The number of aliphatic hydroxyl groups is 1. The van der Waals surface area contributed by atoms with Crippen molar-refractivity contribution in [3.63, 3.8) is 0 Å². The summed E-state index contributed by atoms with van der Waals surface area (Å²) in [6, 6.07) is 10.9. The first-order chi connectivity index (χ1) is 13.6. The van der Waals surface area contributed by atoms with Crippen LogP contribution in [0.5, 0.6) is 0 Å². The molecule has 2 unspecified atom stereocenters. The number of benzene rings is 1. The summed E-state index contributed by atoms with van der Waals surface area (Å²) in [5.41, 5.74) is 3.34. The Balaban J connectivity index is 1.35. The van der Waals surface area contributed by atoms with Gasteiger partial charge in [-0.3, -0.25) is 9.69 Å². The topological polar surface area (TPSA) is 52.6 Å². The molecule has 0 spiro atoms. The number of aryl methyl sites for hydroxylation is 1. The average Bonchev–Trinajstić information content (AvgIpc) is 3.20. The van der Waals surface area contributed by atoms with Gasteiger partial charge in [0.05, 0.1) is 11.0 Å². The molecular weight excluding hydrogens is 368 g/mol. The second-order valence-corrected chi connectivity index (χ2v) is 9.15. The Labute approximate surface area is 171 Å². The highest BCUT2D eigenvalue weighted by molar-refractivity contribution is 7.12. The van der Waals surface area contributed by atoms with Gasteiger partial charge in [0, 0.05) is 30.7 Å². The maximum absolute atomic E-state index is 12.9. The summed E-state index contributed by atoms with van der Waals surface area (Å²) in [5, 5.41) is 15.6. The highest BCUT2D eigenvalue weighted by Gasteiger charge is 2.32. The van der Waals surface area contributed by atoms with Gasteiger partial charge in [0.1, 0.15) is 0 Å². The van der Waals surface area contributed by atoms with Crippen molar-refractivity contribution in [1.29, 1.82) is 0 Å². The van der Waals surface area contributed by atoms with E-state index in [1.54, 1.807) is 0 Å². The van der Waals surface area contributed by atoms with E-state index in [-0.39, 0.29) is 18.1 Å². The Bertz CT molecular complexity index is 793. The quantitative estimate of drug-likeness (QED) is 0.811. The molecule has 2 atom stereocenters. The van der Waals surface area contributed by atoms with E-state index in [0.29, 0.717) is 6.04 Å². The number of carbonyl (C=O) groups excluding carboxylic acids is 1. The number of rotatable bonds is 4. The predicted molar refractivity (Wildman–Crippen MR) is 115 cm³/mol. The fourth-order valence-corrected chi connectivity index (χ4v) is 5.41. The monoisotopic (exact) mass is 398 g/mol. The predicted octanol–water partition coefficient (Wildman–Crippen LogP) is 4.22. The fraction of sp³-hybridized carbons (Fsp3) is 0.522. The van der Waals surface area contributed by atoms with E-state index in [1.165, 1.54) is 23.3 Å². The standard InChI is InChI=1S/C23H30N2O2S/c1-16-6-8-17(9-7-16)19-12-15-28-22(19)23(27)24-18-10-13-25(14-11-18)20-4-2-3-5-21(20)26/h6-9,12,15,18,20-21,26H,2-5,10-11,13-14H2,1H3,(H,24,27). The highest BCUT2D eigenvalue weighted by atomic mass is 32.1. The Kier molecular flexibility index (Phi) is 6.14. The Morgan fingerprint density at radius 3 is 2.50 bits per heavy atom. The zero-order chi connectivity index (χ0) is 19.5. The highest BCUT2D eigenvalue weighted by Crippen LogP contribution is 2.29. The smallest absolute Gasteiger partial charge is 0.262 e. The number of piperidine rings is 1. The molecule has 4 nitrogen and oxygen atoms in total. The number of carbonyl (C=O) groups is 1. The molecule has 5 heteroatoms. The van der Waals surface area contributed by atoms with E-state index in [0.717, 1.165) is 61.2 Å². The second kappa shape index (κ2) is 8.76. The minimum atomic E-state index is -0.178. The zero-order valence-electron chi connectivity index (χ0n) is 16.6. The van der Waals surface area contributed by atoms with Gasteiger partial charge >= 0.3 is 0 Å². The van der Waals surface area contributed by atoms with Crippen LogP contribution in [0.15, 0.2) is 35.7 Å². The molecule has 0 radical (unpaired) electrons. The van der Waals surface area contributed by atoms with Crippen molar-refractivity contribution in [1.82, 2.24) is 10.2 Å². The first kappa shape index (κ1) is 19.6. The maximum Gasteiger partial charge on any atom is 0.262 e. The van der Waals surface area contributed by atoms with Crippen LogP contribution in [0.4, 0.5) is 0 Å². The van der Waals surface area contributed by atoms with E-state index >= 15 is 0 Å². The lowest BCUT2D eigenvalue weighted by molar-refractivity contribution is 0.00729. The third-order valence-corrected chi connectivity index (χ3v) is 7.17. The van der Waals surface area contributed by atoms with Crippen molar-refractivity contribution in [2.45, 2.75) is 63.6 Å². The van der Waals surface area contributed by atoms with Crippen molar-refractivity contribution < 1.29 is 9.90 Å². The van der Waals surface area contributed by atoms with Gasteiger partial charge in [-0.2, -0.15) is 0 Å². The summed E-state index contributed by atoms with van der Waals surface area (Å²) >= 11 is 1.51. The van der Waals surface area contributed by atoms with Crippen LogP contribution < -0.4 is 5.32 Å². The molecule has 1 aromatic heterocycles. The molecule has 2 fully saturated rings. The van der Waals surface area contributed by atoms with Gasteiger partial charge in [-0.15, -0.1) is 11.3 Å². The van der Waals surface area contributed by atoms with E-state index < -0.39 is 0 Å². The van der Waals surface area contributed by atoms with E-state index in [4.69, 9.17) is 0 Å². The van der Waals surface area contributed by atoms with Crippen LogP contribution in [-0.4, -0.2) is 47.2 Å². The molecule has 1 aliphatic heterocycles. The first-order valence-corrected chi connectivity index (χ1v) is 11.4. The normalized spacial score (nSPS) is 24.2. The summed E-state index contributed by atoms with van der Waals surface area (Å²) < 4.78 is 0. The van der Waals surface area contributed by atoms with Gasteiger partial charge < -0.3 is 10.4 Å². The Morgan fingerprint density at radius 2 is 1.79 bits per heavy atom. The molecule has 4 rings (SSSR count). The number of thiophene rings is 1. The lowest BCUT2D eigenvalue weighted by Crippen LogP contribution is -2.52. The molecule has 0 bridgehead atoms. The number of aliphatic hydroxyl groups excluding tert-OH is 1. The largest absolute Gasteiger partial charge is 0.391 e. The van der Waals surface area contributed by atoms with Gasteiger partial charge in [-0.05, 0) is 49.6 Å². The summed E-state index contributed by atoms with van der Waals surface area (Å²) in [6.07, 6.45) is 6.14. The van der Waals surface area contributed by atoms with Crippen LogP contribution in [0, 0.1) is 6.92 Å². The molecule has 1 amide bonds. The lowest BCUT2D eigenvalue weighted by atomic mass is 9.89. The molecule has 2 heterocycles. The van der Waals surface area contributed by atoms with Crippen LogP contribution in [0.1, 0.15) is 53.8 Å². The van der Waals surface area contributed by atoms with Crippen molar-refractivity contribution in [3.8, 4) is 11.1 Å². The Hall–Kier alpha value is -1.69. The number of likely N-dealkylation sites (tertiary alicyclic amines) is 1. The van der Waals surface area contributed by atoms with Crippen LogP contribution in [0.2, 0.25) is 0 Å². The summed E-state index contributed by atoms with van der Waals surface area (Å²) in [5.74, 6) is 0.0433. The Morgan fingerprint density at radius 1 is 1.07 bits per heavy atom. The number of hydrogen-bond donors (Lipinski definition) is 2. The molecule has 1 saturated heterocycles. The van der Waals surface area contributed by atoms with Crippen molar-refractivity contribution in [2.24, 2.45) is 0 Å². The average molecular weight is 399 g/mol. The van der Waals surface area contributed by atoms with E-state index in [9.17, 15) is 9.90 Å². The maximum atomic E-state index is 12.9. The minimum Gasteiger partial charge on any atom is -0.391 e. The molecule has 28 heavy (non-hydrogen) atoms. The third kappa shape index (κ3) is 4.32. The van der Waals surface area contributed by atoms with Gasteiger partial charge in [-0.25, -0.2) is 0 Å². The van der Waals surface area contributed by atoms with Crippen molar-refractivity contribution in [2.75, 3.05) is 13.1 Å². The summed E-state index contributed by atoms with van der Waals surface area (Å²) in [7, 11) is 0. The number of hydrogen-bond acceptors (Lipinski definition) is 4. The first-order valence-electron chi connectivity index (χ1n) is 10.5. The molecule has 1 saturated carbocycles. The number of amides is 1. The number of nitrogens with one attached hydrogen (secondary N) is 1. The summed E-state index contributed by atoms with van der Waals surface area (Å²) in [6.45, 7) is 3.99. The third-order valence-electron chi connectivity index (χ3n) is 6.26. The van der Waals surface area contributed by atoms with Crippen LogP contribution in [0.25, 0.3) is 11.1 Å². The second-order valence-electron chi connectivity index (χ2n) is 8.23. The zero-order valence-corrected chi connectivity index (χ0v) is 17.4. The van der Waals surface area contributed by atoms with Crippen LogP contribution in [-0.2, 0) is 0 Å². The van der Waals surface area contributed by atoms with Gasteiger partial charge in [0.15, 0.2) is 0 Å². The van der Waals surface area contributed by atoms with E-state index in [2.05, 4.69) is 41.4 Å². The molecule has 150 valence electrons. The number of nitrogens with zero attached hydrogens (tertiary/aromatic N) is 1. The summed E-state index contributed by atoms with van der Waals surface area (Å²) in [4.78, 5) is 16.2. The van der Waals surface area contributed by atoms with Gasteiger partial charge in [0.2, 0.25) is 0 Å². The van der Waals surface area contributed by atoms with Crippen LogP contribution in [0.3, 0.4) is 0 Å². The molecule has 2 aliphatic rings. The molecule has 2 N–H and O–H groups in total. The molecule has 1 aromatic carbocycles. The molecular formula is C23H30N2O2S.